The van der Waals surface area contributed by atoms with E-state index in [-0.39, 0.29) is 0 Å². The summed E-state index contributed by atoms with van der Waals surface area (Å²) in [6.45, 7) is 8.70. The van der Waals surface area contributed by atoms with Crippen LogP contribution in [0.15, 0.2) is 18.2 Å². The van der Waals surface area contributed by atoms with Gasteiger partial charge in [-0.1, -0.05) is 38.5 Å². The number of hydrogen-bond donors (Lipinski definition) is 1. The molecule has 0 spiro atoms. The molecular formula is C16H24O. The highest BCUT2D eigenvalue weighted by Crippen LogP contribution is 2.44. The third-order valence-electron chi connectivity index (χ3n) is 4.83. The first kappa shape index (κ1) is 12.6. The Morgan fingerprint density at radius 1 is 1.18 bits per heavy atom. The van der Waals surface area contributed by atoms with Gasteiger partial charge in [0.05, 0.1) is 5.60 Å². The molecule has 2 rings (SSSR count). The van der Waals surface area contributed by atoms with Crippen LogP contribution in [-0.2, 0) is 5.60 Å². The molecule has 1 heteroatoms. The van der Waals surface area contributed by atoms with Gasteiger partial charge in [-0.2, -0.15) is 0 Å². The summed E-state index contributed by atoms with van der Waals surface area (Å²) in [6, 6.07) is 6.41. The second-order valence-electron chi connectivity index (χ2n) is 5.88. The van der Waals surface area contributed by atoms with Gasteiger partial charge in [-0.05, 0) is 55.2 Å². The summed E-state index contributed by atoms with van der Waals surface area (Å²) in [5.41, 5.74) is 3.07. The first-order chi connectivity index (χ1) is 7.95. The molecular weight excluding hydrogens is 208 g/mol. The molecule has 1 aliphatic carbocycles. The molecule has 0 heterocycles. The summed E-state index contributed by atoms with van der Waals surface area (Å²) in [7, 11) is 0. The largest absolute Gasteiger partial charge is 0.385 e. The molecule has 1 saturated carbocycles. The standard InChI is InChI=1S/C16H24O/c1-11-7-8-15(10-13(11)3)16(17)9-5-6-12(2)14(16)4/h7-8,10,12,14,17H,5-6,9H2,1-4H3. The van der Waals surface area contributed by atoms with Gasteiger partial charge in [0.15, 0.2) is 0 Å². The molecule has 0 saturated heterocycles. The third-order valence-corrected chi connectivity index (χ3v) is 4.83. The second-order valence-corrected chi connectivity index (χ2v) is 5.88. The highest BCUT2D eigenvalue weighted by Gasteiger charge is 2.41. The van der Waals surface area contributed by atoms with Crippen LogP contribution in [0.2, 0.25) is 0 Å². The maximum Gasteiger partial charge on any atom is 0.0924 e. The lowest BCUT2D eigenvalue weighted by molar-refractivity contribution is -0.0688. The predicted octanol–water partition coefficient (Wildman–Crippen LogP) is 3.95. The smallest absolute Gasteiger partial charge is 0.0924 e. The van der Waals surface area contributed by atoms with Gasteiger partial charge >= 0.3 is 0 Å². The van der Waals surface area contributed by atoms with Crippen molar-refractivity contribution in [1.82, 2.24) is 0 Å². The monoisotopic (exact) mass is 232 g/mol. The van der Waals surface area contributed by atoms with Crippen LogP contribution in [0.1, 0.15) is 49.8 Å². The summed E-state index contributed by atoms with van der Waals surface area (Å²) in [4.78, 5) is 0. The van der Waals surface area contributed by atoms with Crippen LogP contribution in [0.25, 0.3) is 0 Å². The molecule has 1 fully saturated rings. The van der Waals surface area contributed by atoms with Crippen molar-refractivity contribution in [2.24, 2.45) is 11.8 Å². The van der Waals surface area contributed by atoms with Gasteiger partial charge in [0, 0.05) is 0 Å². The molecule has 0 amide bonds. The topological polar surface area (TPSA) is 20.2 Å². The van der Waals surface area contributed by atoms with Crippen molar-refractivity contribution in [3.63, 3.8) is 0 Å². The van der Waals surface area contributed by atoms with Crippen LogP contribution >= 0.6 is 0 Å². The minimum Gasteiger partial charge on any atom is -0.385 e. The maximum atomic E-state index is 11.0. The first-order valence-electron chi connectivity index (χ1n) is 6.75. The number of benzene rings is 1. The molecule has 0 bridgehead atoms. The Hall–Kier alpha value is -0.820. The zero-order chi connectivity index (χ0) is 12.6. The summed E-state index contributed by atoms with van der Waals surface area (Å²) >= 11 is 0. The van der Waals surface area contributed by atoms with Crippen molar-refractivity contribution in [1.29, 1.82) is 0 Å². The number of hydrogen-bond acceptors (Lipinski definition) is 1. The highest BCUT2D eigenvalue weighted by molar-refractivity contribution is 5.34. The number of aliphatic hydroxyl groups is 1. The summed E-state index contributed by atoms with van der Waals surface area (Å²) < 4.78 is 0. The van der Waals surface area contributed by atoms with Gasteiger partial charge in [-0.15, -0.1) is 0 Å². The van der Waals surface area contributed by atoms with Crippen LogP contribution in [0.3, 0.4) is 0 Å². The number of rotatable bonds is 1. The molecule has 17 heavy (non-hydrogen) atoms. The van der Waals surface area contributed by atoms with Gasteiger partial charge in [0.25, 0.3) is 0 Å². The quantitative estimate of drug-likeness (QED) is 0.777. The maximum absolute atomic E-state index is 11.0. The fourth-order valence-electron chi connectivity index (χ4n) is 3.06. The van der Waals surface area contributed by atoms with Crippen molar-refractivity contribution in [2.45, 2.75) is 52.6 Å². The van der Waals surface area contributed by atoms with Crippen LogP contribution < -0.4 is 0 Å². The van der Waals surface area contributed by atoms with E-state index >= 15 is 0 Å². The van der Waals surface area contributed by atoms with Gasteiger partial charge in [-0.3, -0.25) is 0 Å². The van der Waals surface area contributed by atoms with E-state index in [9.17, 15) is 5.11 Å². The molecule has 94 valence electrons. The van der Waals surface area contributed by atoms with E-state index in [0.29, 0.717) is 11.8 Å². The van der Waals surface area contributed by atoms with Gasteiger partial charge in [0.2, 0.25) is 0 Å². The fraction of sp³-hybridized carbons (Fsp3) is 0.625. The van der Waals surface area contributed by atoms with Gasteiger partial charge in [-0.25, -0.2) is 0 Å². The molecule has 1 aromatic carbocycles. The zero-order valence-corrected chi connectivity index (χ0v) is 11.5. The molecule has 1 aliphatic rings. The summed E-state index contributed by atoms with van der Waals surface area (Å²) in [5, 5.41) is 11.0. The number of aryl methyl sites for hydroxylation is 2. The van der Waals surface area contributed by atoms with Crippen LogP contribution in [0.4, 0.5) is 0 Å². The van der Waals surface area contributed by atoms with E-state index in [4.69, 9.17) is 0 Å². The molecule has 1 nitrogen and oxygen atoms in total. The summed E-state index contributed by atoms with van der Waals surface area (Å²) in [6.07, 6.45) is 3.28. The average molecular weight is 232 g/mol. The Balaban J connectivity index is 2.39. The van der Waals surface area contributed by atoms with E-state index in [2.05, 4.69) is 45.9 Å². The Kier molecular flexibility index (Phi) is 3.31. The van der Waals surface area contributed by atoms with Crippen LogP contribution in [-0.4, -0.2) is 5.11 Å². The summed E-state index contributed by atoms with van der Waals surface area (Å²) in [5.74, 6) is 0.953. The van der Waals surface area contributed by atoms with Gasteiger partial charge < -0.3 is 5.11 Å². The van der Waals surface area contributed by atoms with Crippen LogP contribution in [0.5, 0.6) is 0 Å². The highest BCUT2D eigenvalue weighted by atomic mass is 16.3. The van der Waals surface area contributed by atoms with Crippen molar-refractivity contribution in [3.05, 3.63) is 34.9 Å². The van der Waals surface area contributed by atoms with Crippen molar-refractivity contribution < 1.29 is 5.11 Å². The van der Waals surface area contributed by atoms with Crippen molar-refractivity contribution >= 4 is 0 Å². The second kappa shape index (κ2) is 4.45. The zero-order valence-electron chi connectivity index (χ0n) is 11.5. The van der Waals surface area contributed by atoms with E-state index in [0.717, 1.165) is 18.4 Å². The molecule has 1 N–H and O–H groups in total. The Labute approximate surface area is 105 Å². The minimum absolute atomic E-state index is 0.346. The van der Waals surface area contributed by atoms with Crippen molar-refractivity contribution in [3.8, 4) is 0 Å². The molecule has 0 radical (unpaired) electrons. The van der Waals surface area contributed by atoms with Crippen LogP contribution in [0, 0.1) is 25.7 Å². The molecule has 3 unspecified atom stereocenters. The molecule has 0 aliphatic heterocycles. The predicted molar refractivity (Wildman–Crippen MR) is 72.0 cm³/mol. The molecule has 0 aromatic heterocycles. The Morgan fingerprint density at radius 2 is 1.88 bits per heavy atom. The first-order valence-corrected chi connectivity index (χ1v) is 6.75. The van der Waals surface area contributed by atoms with E-state index in [1.807, 2.05) is 0 Å². The lowest BCUT2D eigenvalue weighted by atomic mass is 9.67. The average Bonchev–Trinajstić information content (AvgIpc) is 2.29. The molecule has 3 atom stereocenters. The molecule has 1 aromatic rings. The SMILES string of the molecule is Cc1ccc(C2(O)CCCC(C)C2C)cc1C. The lowest BCUT2D eigenvalue weighted by Crippen LogP contribution is -2.40. The van der Waals surface area contributed by atoms with E-state index in [1.165, 1.54) is 17.5 Å². The normalized spacial score (nSPS) is 33.7. The minimum atomic E-state index is -0.615. The lowest BCUT2D eigenvalue weighted by Gasteiger charge is -2.42. The fourth-order valence-corrected chi connectivity index (χ4v) is 3.06. The van der Waals surface area contributed by atoms with Gasteiger partial charge in [0.1, 0.15) is 0 Å². The third kappa shape index (κ3) is 2.13. The van der Waals surface area contributed by atoms with E-state index in [1.54, 1.807) is 0 Å². The Morgan fingerprint density at radius 3 is 2.53 bits per heavy atom. The van der Waals surface area contributed by atoms with Crippen molar-refractivity contribution in [2.75, 3.05) is 0 Å². The van der Waals surface area contributed by atoms with E-state index < -0.39 is 5.60 Å². The Bertz CT molecular complexity index is 410.